The van der Waals surface area contributed by atoms with Crippen molar-refractivity contribution >= 4 is 11.6 Å². The quantitative estimate of drug-likeness (QED) is 0.641. The Morgan fingerprint density at radius 1 is 0.947 bits per heavy atom. The van der Waals surface area contributed by atoms with Crippen LogP contribution >= 0.6 is 11.6 Å². The lowest BCUT2D eigenvalue weighted by Crippen LogP contribution is -2.17. The first-order valence-electron chi connectivity index (χ1n) is 6.97. The standard InChI is InChI=1S/C18H19Cl/c1-18(12-11-17(19)13-18)16-9-7-15(8-10-16)14-5-3-2-4-6-14/h2-10,17H,11-13H2,1H3. The maximum Gasteiger partial charge on any atom is 0.0344 e. The predicted octanol–water partition coefficient (Wildman–Crippen LogP) is 5.40. The Morgan fingerprint density at radius 3 is 2.16 bits per heavy atom. The zero-order valence-electron chi connectivity index (χ0n) is 11.3. The molecule has 1 heteroatoms. The van der Waals surface area contributed by atoms with Gasteiger partial charge in [0.05, 0.1) is 0 Å². The molecule has 1 fully saturated rings. The smallest absolute Gasteiger partial charge is 0.0344 e. The van der Waals surface area contributed by atoms with Crippen molar-refractivity contribution in [2.45, 2.75) is 37.0 Å². The first-order chi connectivity index (χ1) is 9.17. The average Bonchev–Trinajstić information content (AvgIpc) is 2.81. The van der Waals surface area contributed by atoms with Crippen molar-refractivity contribution in [3.05, 3.63) is 60.2 Å². The molecule has 2 aromatic carbocycles. The van der Waals surface area contributed by atoms with Crippen LogP contribution in [0.3, 0.4) is 0 Å². The van der Waals surface area contributed by atoms with Gasteiger partial charge in [0.15, 0.2) is 0 Å². The van der Waals surface area contributed by atoms with E-state index in [1.807, 2.05) is 0 Å². The van der Waals surface area contributed by atoms with E-state index < -0.39 is 0 Å². The molecule has 0 nitrogen and oxygen atoms in total. The highest BCUT2D eigenvalue weighted by atomic mass is 35.5. The maximum atomic E-state index is 6.27. The number of hydrogen-bond acceptors (Lipinski definition) is 0. The van der Waals surface area contributed by atoms with Crippen molar-refractivity contribution in [2.75, 3.05) is 0 Å². The molecule has 2 unspecified atom stereocenters. The molecule has 0 spiro atoms. The number of halogens is 1. The number of hydrogen-bond donors (Lipinski definition) is 0. The van der Waals surface area contributed by atoms with Crippen LogP contribution in [-0.4, -0.2) is 5.38 Å². The van der Waals surface area contributed by atoms with Crippen molar-refractivity contribution in [3.8, 4) is 11.1 Å². The van der Waals surface area contributed by atoms with Crippen LogP contribution in [0.2, 0.25) is 0 Å². The van der Waals surface area contributed by atoms with Crippen LogP contribution in [0.25, 0.3) is 11.1 Å². The Kier molecular flexibility index (Phi) is 3.36. The fourth-order valence-electron chi connectivity index (χ4n) is 3.13. The van der Waals surface area contributed by atoms with Gasteiger partial charge in [-0.2, -0.15) is 0 Å². The van der Waals surface area contributed by atoms with Gasteiger partial charge < -0.3 is 0 Å². The van der Waals surface area contributed by atoms with E-state index in [0.29, 0.717) is 5.38 Å². The summed E-state index contributed by atoms with van der Waals surface area (Å²) in [6.45, 7) is 2.34. The Balaban J connectivity index is 1.87. The van der Waals surface area contributed by atoms with Crippen molar-refractivity contribution in [1.82, 2.24) is 0 Å². The van der Waals surface area contributed by atoms with Gasteiger partial charge in [0, 0.05) is 5.38 Å². The number of benzene rings is 2. The maximum absolute atomic E-state index is 6.27. The highest BCUT2D eigenvalue weighted by molar-refractivity contribution is 6.20. The van der Waals surface area contributed by atoms with Crippen LogP contribution in [0, 0.1) is 0 Å². The molecule has 2 aromatic rings. The van der Waals surface area contributed by atoms with Crippen LogP contribution in [0.15, 0.2) is 54.6 Å². The third kappa shape index (κ3) is 2.55. The highest BCUT2D eigenvalue weighted by Gasteiger charge is 2.35. The minimum absolute atomic E-state index is 0.266. The second kappa shape index (κ2) is 5.02. The monoisotopic (exact) mass is 270 g/mol. The van der Waals surface area contributed by atoms with Gasteiger partial charge >= 0.3 is 0 Å². The Bertz CT molecular complexity index is 544. The Labute approximate surface area is 120 Å². The van der Waals surface area contributed by atoms with Gasteiger partial charge in [0.25, 0.3) is 0 Å². The molecule has 0 N–H and O–H groups in total. The summed E-state index contributed by atoms with van der Waals surface area (Å²) in [6, 6.07) is 19.5. The van der Waals surface area contributed by atoms with E-state index in [0.717, 1.165) is 12.8 Å². The van der Waals surface area contributed by atoms with Crippen LogP contribution in [-0.2, 0) is 5.41 Å². The number of rotatable bonds is 2. The van der Waals surface area contributed by atoms with Crippen LogP contribution in [0.1, 0.15) is 31.7 Å². The first kappa shape index (κ1) is 12.7. The molecule has 1 saturated carbocycles. The summed E-state index contributed by atoms with van der Waals surface area (Å²) in [5.74, 6) is 0. The SMILES string of the molecule is CC1(c2ccc(-c3ccccc3)cc2)CCC(Cl)C1. The molecular weight excluding hydrogens is 252 g/mol. The summed E-state index contributed by atoms with van der Waals surface area (Å²) in [4.78, 5) is 0. The second-order valence-corrected chi connectivity index (χ2v) is 6.46. The lowest BCUT2D eigenvalue weighted by atomic mass is 9.80. The molecule has 0 aromatic heterocycles. The third-order valence-corrected chi connectivity index (χ3v) is 4.74. The van der Waals surface area contributed by atoms with E-state index in [1.165, 1.54) is 23.1 Å². The Morgan fingerprint density at radius 2 is 1.58 bits per heavy atom. The van der Waals surface area contributed by atoms with E-state index in [-0.39, 0.29) is 5.41 Å². The van der Waals surface area contributed by atoms with Gasteiger partial charge in [-0.05, 0) is 41.4 Å². The molecule has 1 aliphatic carbocycles. The zero-order chi connectivity index (χ0) is 13.3. The summed E-state index contributed by atoms with van der Waals surface area (Å²) < 4.78 is 0. The van der Waals surface area contributed by atoms with Gasteiger partial charge in [-0.1, -0.05) is 61.5 Å². The summed E-state index contributed by atoms with van der Waals surface area (Å²) in [6.07, 6.45) is 3.43. The molecule has 98 valence electrons. The fraction of sp³-hybridized carbons (Fsp3) is 0.333. The molecule has 0 saturated heterocycles. The van der Waals surface area contributed by atoms with Crippen LogP contribution in [0.5, 0.6) is 0 Å². The van der Waals surface area contributed by atoms with Gasteiger partial charge in [0.2, 0.25) is 0 Å². The number of alkyl halides is 1. The van der Waals surface area contributed by atoms with Crippen molar-refractivity contribution in [1.29, 1.82) is 0 Å². The van der Waals surface area contributed by atoms with Gasteiger partial charge in [-0.3, -0.25) is 0 Å². The van der Waals surface area contributed by atoms with E-state index >= 15 is 0 Å². The average molecular weight is 271 g/mol. The van der Waals surface area contributed by atoms with Gasteiger partial charge in [-0.25, -0.2) is 0 Å². The summed E-state index contributed by atoms with van der Waals surface area (Å²) >= 11 is 6.27. The van der Waals surface area contributed by atoms with E-state index in [1.54, 1.807) is 0 Å². The summed E-state index contributed by atoms with van der Waals surface area (Å²) in [7, 11) is 0. The molecule has 0 aliphatic heterocycles. The minimum Gasteiger partial charge on any atom is -0.123 e. The highest BCUT2D eigenvalue weighted by Crippen LogP contribution is 2.43. The molecule has 0 heterocycles. The Hall–Kier alpha value is -1.27. The molecule has 0 radical (unpaired) electrons. The molecule has 2 atom stereocenters. The molecule has 1 aliphatic rings. The zero-order valence-corrected chi connectivity index (χ0v) is 12.0. The van der Waals surface area contributed by atoms with Crippen molar-refractivity contribution in [2.24, 2.45) is 0 Å². The normalized spacial score (nSPS) is 26.5. The second-order valence-electron chi connectivity index (χ2n) is 5.84. The molecule has 19 heavy (non-hydrogen) atoms. The van der Waals surface area contributed by atoms with E-state index in [4.69, 9.17) is 11.6 Å². The molecule has 0 bridgehead atoms. The lowest BCUT2D eigenvalue weighted by molar-refractivity contribution is 0.492. The van der Waals surface area contributed by atoms with Gasteiger partial charge in [0.1, 0.15) is 0 Å². The minimum atomic E-state index is 0.266. The first-order valence-corrected chi connectivity index (χ1v) is 7.41. The predicted molar refractivity (Wildman–Crippen MR) is 82.7 cm³/mol. The summed E-state index contributed by atoms with van der Waals surface area (Å²) in [5, 5.41) is 0.346. The van der Waals surface area contributed by atoms with E-state index in [2.05, 4.69) is 61.5 Å². The summed E-state index contributed by atoms with van der Waals surface area (Å²) in [5.41, 5.74) is 4.26. The third-order valence-electron chi connectivity index (χ3n) is 4.37. The molecule has 3 rings (SSSR count). The topological polar surface area (TPSA) is 0 Å². The largest absolute Gasteiger partial charge is 0.123 e. The van der Waals surface area contributed by atoms with Gasteiger partial charge in [-0.15, -0.1) is 11.6 Å². The lowest BCUT2D eigenvalue weighted by Gasteiger charge is -2.24. The molecular formula is C18H19Cl. The fourth-order valence-corrected chi connectivity index (χ4v) is 3.58. The van der Waals surface area contributed by atoms with E-state index in [9.17, 15) is 0 Å². The van der Waals surface area contributed by atoms with Crippen molar-refractivity contribution < 1.29 is 0 Å². The van der Waals surface area contributed by atoms with Crippen LogP contribution in [0.4, 0.5) is 0 Å². The van der Waals surface area contributed by atoms with Crippen molar-refractivity contribution in [3.63, 3.8) is 0 Å². The molecule has 0 amide bonds. The van der Waals surface area contributed by atoms with Crippen LogP contribution < -0.4 is 0 Å².